The fourth-order valence-electron chi connectivity index (χ4n) is 0.951. The van der Waals surface area contributed by atoms with Gasteiger partial charge in [0.15, 0.2) is 5.13 Å². The van der Waals surface area contributed by atoms with Crippen LogP contribution in [0.3, 0.4) is 0 Å². The van der Waals surface area contributed by atoms with Crippen LogP contribution >= 0.6 is 11.3 Å². The number of aromatic nitrogens is 1. The summed E-state index contributed by atoms with van der Waals surface area (Å²) in [5, 5.41) is 4.27. The van der Waals surface area contributed by atoms with Crippen molar-refractivity contribution in [3.8, 4) is 0 Å². The molecule has 74 valence electrons. The number of anilines is 1. The van der Waals surface area contributed by atoms with Crippen molar-refractivity contribution in [3.05, 3.63) is 11.1 Å². The molecule has 0 aliphatic heterocycles. The number of thiazole rings is 1. The third-order valence-corrected chi connectivity index (χ3v) is 2.73. The van der Waals surface area contributed by atoms with Gasteiger partial charge in [0.2, 0.25) is 0 Å². The maximum absolute atomic E-state index is 5.48. The van der Waals surface area contributed by atoms with E-state index >= 15 is 0 Å². The highest BCUT2D eigenvalue weighted by molar-refractivity contribution is 7.15. The molecular weight excluding hydrogens is 182 g/mol. The summed E-state index contributed by atoms with van der Waals surface area (Å²) in [7, 11) is 0. The summed E-state index contributed by atoms with van der Waals surface area (Å²) in [5.74, 6) is 0.737. The molecule has 1 rings (SSSR count). The first-order valence-electron chi connectivity index (χ1n) is 4.61. The second-order valence-corrected chi connectivity index (χ2v) is 4.56. The lowest BCUT2D eigenvalue weighted by Crippen LogP contribution is -2.03. The van der Waals surface area contributed by atoms with E-state index in [0.717, 1.165) is 22.5 Å². The van der Waals surface area contributed by atoms with Crippen LogP contribution in [-0.2, 0) is 6.54 Å². The number of nitrogens with one attached hydrogen (secondary N) is 1. The van der Waals surface area contributed by atoms with Crippen molar-refractivity contribution in [2.24, 2.45) is 11.7 Å². The minimum absolute atomic E-state index is 0.587. The van der Waals surface area contributed by atoms with Gasteiger partial charge in [0, 0.05) is 24.2 Å². The Morgan fingerprint density at radius 3 is 2.92 bits per heavy atom. The molecule has 0 saturated carbocycles. The van der Waals surface area contributed by atoms with Crippen LogP contribution in [0.1, 0.15) is 25.1 Å². The molecule has 0 bridgehead atoms. The van der Waals surface area contributed by atoms with Gasteiger partial charge >= 0.3 is 0 Å². The summed E-state index contributed by atoms with van der Waals surface area (Å²) < 4.78 is 0. The van der Waals surface area contributed by atoms with Crippen molar-refractivity contribution >= 4 is 16.5 Å². The zero-order valence-electron chi connectivity index (χ0n) is 8.21. The molecule has 1 heterocycles. The van der Waals surface area contributed by atoms with Crippen molar-refractivity contribution < 1.29 is 0 Å². The molecule has 0 saturated heterocycles. The first-order chi connectivity index (χ1) is 6.22. The van der Waals surface area contributed by atoms with E-state index in [1.54, 1.807) is 11.3 Å². The maximum Gasteiger partial charge on any atom is 0.182 e. The van der Waals surface area contributed by atoms with Gasteiger partial charge in [-0.05, 0) is 12.3 Å². The number of hydrogen-bond donors (Lipinski definition) is 2. The molecule has 13 heavy (non-hydrogen) atoms. The number of nitrogens with zero attached hydrogens (tertiary/aromatic N) is 1. The quantitative estimate of drug-likeness (QED) is 0.763. The van der Waals surface area contributed by atoms with Crippen LogP contribution in [0.15, 0.2) is 6.20 Å². The van der Waals surface area contributed by atoms with Gasteiger partial charge < -0.3 is 11.1 Å². The summed E-state index contributed by atoms with van der Waals surface area (Å²) in [6, 6.07) is 0. The van der Waals surface area contributed by atoms with Gasteiger partial charge in [-0.3, -0.25) is 0 Å². The minimum atomic E-state index is 0.587. The Labute approximate surface area is 83.4 Å². The Morgan fingerprint density at radius 1 is 1.62 bits per heavy atom. The average molecular weight is 199 g/mol. The van der Waals surface area contributed by atoms with Gasteiger partial charge in [-0.1, -0.05) is 13.8 Å². The molecule has 0 aromatic carbocycles. The van der Waals surface area contributed by atoms with E-state index in [9.17, 15) is 0 Å². The van der Waals surface area contributed by atoms with Crippen LogP contribution in [0.4, 0.5) is 5.13 Å². The van der Waals surface area contributed by atoms with Crippen LogP contribution in [0.25, 0.3) is 0 Å². The van der Waals surface area contributed by atoms with Crippen LogP contribution in [0, 0.1) is 5.92 Å². The molecule has 0 aliphatic rings. The lowest BCUT2D eigenvalue weighted by molar-refractivity contribution is 0.607. The largest absolute Gasteiger partial charge is 0.362 e. The molecule has 0 atom stereocenters. The van der Waals surface area contributed by atoms with Crippen molar-refractivity contribution in [2.75, 3.05) is 11.9 Å². The van der Waals surface area contributed by atoms with E-state index < -0.39 is 0 Å². The van der Waals surface area contributed by atoms with E-state index in [2.05, 4.69) is 24.1 Å². The molecule has 0 aliphatic carbocycles. The summed E-state index contributed by atoms with van der Waals surface area (Å²) in [5.41, 5.74) is 5.48. The van der Waals surface area contributed by atoms with Crippen LogP contribution < -0.4 is 11.1 Å². The highest BCUT2D eigenvalue weighted by Gasteiger charge is 1.99. The van der Waals surface area contributed by atoms with Gasteiger partial charge in [0.25, 0.3) is 0 Å². The van der Waals surface area contributed by atoms with E-state index in [0.29, 0.717) is 6.54 Å². The Morgan fingerprint density at radius 2 is 2.38 bits per heavy atom. The van der Waals surface area contributed by atoms with Crippen LogP contribution in [0.5, 0.6) is 0 Å². The molecule has 0 fully saturated rings. The Kier molecular flexibility index (Phi) is 4.18. The lowest BCUT2D eigenvalue weighted by atomic mass is 10.1. The van der Waals surface area contributed by atoms with Gasteiger partial charge in [-0.2, -0.15) is 0 Å². The fourth-order valence-corrected chi connectivity index (χ4v) is 1.67. The fraction of sp³-hybridized carbons (Fsp3) is 0.667. The third-order valence-electron chi connectivity index (χ3n) is 1.75. The van der Waals surface area contributed by atoms with Crippen molar-refractivity contribution in [3.63, 3.8) is 0 Å². The van der Waals surface area contributed by atoms with Crippen molar-refractivity contribution in [1.82, 2.24) is 4.98 Å². The molecule has 1 aromatic heterocycles. The zero-order chi connectivity index (χ0) is 9.68. The second-order valence-electron chi connectivity index (χ2n) is 3.45. The molecular formula is C9H17N3S. The second kappa shape index (κ2) is 5.19. The molecule has 4 heteroatoms. The highest BCUT2D eigenvalue weighted by Crippen LogP contribution is 2.17. The molecule has 0 amide bonds. The maximum atomic E-state index is 5.48. The first kappa shape index (κ1) is 10.5. The van der Waals surface area contributed by atoms with Gasteiger partial charge in [0.05, 0.1) is 0 Å². The predicted octanol–water partition coefficient (Wildman–Crippen LogP) is 2.06. The number of nitrogens with two attached hydrogens (primary N) is 1. The monoisotopic (exact) mass is 199 g/mol. The van der Waals surface area contributed by atoms with Crippen molar-refractivity contribution in [2.45, 2.75) is 26.8 Å². The third kappa shape index (κ3) is 3.74. The highest BCUT2D eigenvalue weighted by atomic mass is 32.1. The first-order valence-corrected chi connectivity index (χ1v) is 5.42. The Bertz CT molecular complexity index is 245. The summed E-state index contributed by atoms with van der Waals surface area (Å²) >= 11 is 1.64. The van der Waals surface area contributed by atoms with E-state index in [-0.39, 0.29) is 0 Å². The van der Waals surface area contributed by atoms with E-state index in [1.807, 2.05) is 6.20 Å². The van der Waals surface area contributed by atoms with E-state index in [4.69, 9.17) is 5.73 Å². The molecule has 0 unspecified atom stereocenters. The smallest absolute Gasteiger partial charge is 0.182 e. The topological polar surface area (TPSA) is 50.9 Å². The van der Waals surface area contributed by atoms with Crippen LogP contribution in [0.2, 0.25) is 0 Å². The predicted molar refractivity (Wildman–Crippen MR) is 58.0 cm³/mol. The number of hydrogen-bond acceptors (Lipinski definition) is 4. The van der Waals surface area contributed by atoms with E-state index in [1.165, 1.54) is 6.42 Å². The molecule has 3 nitrogen and oxygen atoms in total. The molecule has 1 aromatic rings. The van der Waals surface area contributed by atoms with Crippen molar-refractivity contribution in [1.29, 1.82) is 0 Å². The zero-order valence-corrected chi connectivity index (χ0v) is 9.03. The lowest BCUT2D eigenvalue weighted by Gasteiger charge is -2.04. The molecule has 0 spiro atoms. The minimum Gasteiger partial charge on any atom is -0.362 e. The summed E-state index contributed by atoms with van der Waals surface area (Å²) in [6.07, 6.45) is 3.01. The van der Waals surface area contributed by atoms with Gasteiger partial charge in [-0.25, -0.2) is 4.98 Å². The van der Waals surface area contributed by atoms with Gasteiger partial charge in [-0.15, -0.1) is 11.3 Å². The number of rotatable bonds is 5. The summed E-state index contributed by atoms with van der Waals surface area (Å²) in [6.45, 7) is 6.02. The summed E-state index contributed by atoms with van der Waals surface area (Å²) in [4.78, 5) is 5.34. The molecule has 0 radical (unpaired) electrons. The SMILES string of the molecule is CC(C)CCNc1ncc(CN)s1. The van der Waals surface area contributed by atoms with Crippen LogP contribution in [-0.4, -0.2) is 11.5 Å². The molecule has 3 N–H and O–H groups in total. The Hall–Kier alpha value is -0.610. The average Bonchev–Trinajstić information content (AvgIpc) is 2.52. The standard InChI is InChI=1S/C9H17N3S/c1-7(2)3-4-11-9-12-6-8(5-10)13-9/h6-7H,3-5,10H2,1-2H3,(H,11,12). The van der Waals surface area contributed by atoms with Gasteiger partial charge in [0.1, 0.15) is 0 Å². The normalized spacial score (nSPS) is 10.8. The Balaban J connectivity index is 2.28.